The molecular weight excluding hydrogens is 1010 g/mol. The second-order valence-corrected chi connectivity index (χ2v) is 11.9. The van der Waals surface area contributed by atoms with Crippen LogP contribution in [0.2, 0.25) is 0 Å². The summed E-state index contributed by atoms with van der Waals surface area (Å²) in [6.45, 7) is 50.6. The molecule has 0 saturated carbocycles. The molecule has 0 amide bonds. The number of nitrogens with zero attached hydrogens (tertiary/aromatic N) is 24. The maximum absolute atomic E-state index is 3.92. The van der Waals surface area contributed by atoms with Crippen LogP contribution in [0.25, 0.3) is 0 Å². The van der Waals surface area contributed by atoms with Crippen LogP contribution in [0.5, 0.6) is 0 Å². The fourth-order valence-corrected chi connectivity index (χ4v) is 3.03. The van der Waals surface area contributed by atoms with E-state index in [0.717, 1.165) is 39.7 Å². The Hall–Kier alpha value is -8.70. The fourth-order valence-electron chi connectivity index (χ4n) is 3.03. The lowest BCUT2D eigenvalue weighted by atomic mass is 10.4. The molecule has 9 aromatic rings. The topological polar surface area (TPSA) is 309 Å². The summed E-state index contributed by atoms with van der Waals surface area (Å²) in [5.41, 5.74) is 5.92. The van der Waals surface area contributed by atoms with Gasteiger partial charge in [-0.1, -0.05) is 111 Å². The molecule has 80 heavy (non-hydrogen) atoms. The Balaban J connectivity index is -0.000000118. The molecule has 0 radical (unpaired) electrons. The van der Waals surface area contributed by atoms with Crippen LogP contribution in [-0.2, 0) is 0 Å². The monoisotopic (exact) mass is 1110 g/mol. The molecule has 24 nitrogen and oxygen atoms in total. The van der Waals surface area contributed by atoms with Crippen LogP contribution in [0.1, 0.15) is 168 Å². The molecule has 0 aromatic carbocycles. The SMILES string of the molecule is CC.CC.CC.CC.CC.CC.CC.CC.Cc1cccnn1.Cc1ccnnc1.Cc1cnccn1.Cc1cncnc1.Cc1cncnn1.Cc1cnncn1.Cc1nccnn1.Cc1ncncn1.Cc1nnc(C)nn1. The lowest BCUT2D eigenvalue weighted by Crippen LogP contribution is -1.97. The molecule has 9 rings (SSSR count). The highest BCUT2D eigenvalue weighted by atomic mass is 15.3. The molecule has 0 N–H and O–H groups in total. The fraction of sp³-hybridized carbons (Fsp3) is 0.464. The summed E-state index contributed by atoms with van der Waals surface area (Å²) in [4.78, 5) is 37.7. The number of aromatic nitrogens is 24. The highest BCUT2D eigenvalue weighted by Gasteiger charge is 1.86. The maximum Gasteiger partial charge on any atom is 0.170 e. The lowest BCUT2D eigenvalue weighted by molar-refractivity contribution is 0.767. The third kappa shape index (κ3) is 75.8. The van der Waals surface area contributed by atoms with E-state index in [2.05, 4.69) is 121 Å². The van der Waals surface area contributed by atoms with Crippen LogP contribution in [0.15, 0.2) is 124 Å². The van der Waals surface area contributed by atoms with Gasteiger partial charge >= 0.3 is 0 Å². The van der Waals surface area contributed by atoms with Gasteiger partial charge in [0.15, 0.2) is 11.6 Å². The largest absolute Gasteiger partial charge is 0.261 e. The molecule has 0 unspecified atom stereocenters. The van der Waals surface area contributed by atoms with Crippen LogP contribution in [0.4, 0.5) is 0 Å². The molecular formula is C56H98N24. The summed E-state index contributed by atoms with van der Waals surface area (Å²) < 4.78 is 0. The van der Waals surface area contributed by atoms with Gasteiger partial charge in [0.1, 0.15) is 43.3 Å². The van der Waals surface area contributed by atoms with Crippen LogP contribution in [0.3, 0.4) is 0 Å². The molecule has 0 atom stereocenters. The summed E-state index contributed by atoms with van der Waals surface area (Å²) >= 11 is 0. The van der Waals surface area contributed by atoms with Crippen LogP contribution in [0, 0.1) is 69.2 Å². The molecule has 0 aliphatic rings. The van der Waals surface area contributed by atoms with E-state index in [-0.39, 0.29) is 0 Å². The van der Waals surface area contributed by atoms with Gasteiger partial charge in [-0.2, -0.15) is 35.7 Å². The van der Waals surface area contributed by atoms with E-state index in [9.17, 15) is 0 Å². The summed E-state index contributed by atoms with van der Waals surface area (Å²) in [5, 5.41) is 50.6. The van der Waals surface area contributed by atoms with E-state index in [4.69, 9.17) is 0 Å². The minimum Gasteiger partial charge on any atom is -0.261 e. The highest BCUT2D eigenvalue weighted by Crippen LogP contribution is 1.87. The van der Waals surface area contributed by atoms with Gasteiger partial charge in [-0.15, -0.1) is 35.7 Å². The van der Waals surface area contributed by atoms with Crippen molar-refractivity contribution in [2.45, 2.75) is 180 Å². The number of rotatable bonds is 0. The van der Waals surface area contributed by atoms with Crippen LogP contribution >= 0.6 is 0 Å². The Morgan fingerprint density at radius 3 is 0.938 bits per heavy atom. The summed E-state index contributed by atoms with van der Waals surface area (Å²) in [7, 11) is 0. The van der Waals surface area contributed by atoms with E-state index < -0.39 is 0 Å². The highest BCUT2D eigenvalue weighted by molar-refractivity contribution is 5.00. The number of hydrogen-bond donors (Lipinski definition) is 0. The average molecular weight is 1110 g/mol. The zero-order chi connectivity index (χ0) is 62.9. The van der Waals surface area contributed by atoms with Gasteiger partial charge < -0.3 is 0 Å². The van der Waals surface area contributed by atoms with Crippen molar-refractivity contribution in [1.29, 1.82) is 0 Å². The average Bonchev–Trinajstić information content (AvgIpc) is 3.53. The minimum atomic E-state index is 0.607. The molecule has 0 spiro atoms. The van der Waals surface area contributed by atoms with Gasteiger partial charge in [-0.25, -0.2) is 39.9 Å². The molecule has 0 aliphatic heterocycles. The van der Waals surface area contributed by atoms with Gasteiger partial charge in [0.2, 0.25) is 0 Å². The van der Waals surface area contributed by atoms with Crippen molar-refractivity contribution in [2.75, 3.05) is 0 Å². The standard InChI is InChI=1S/4C5H6N2.C4H6N4.4C4H5N3.8C2H6/c1-5-2-6-4-7-3-5;1-5-4-6-2-3-7-5;1-5-2-3-6-7-4-5;1-5-3-2-4-6-7-5;1-3-5-7-4(2)8-6-3;1-4-6-2-5-3-7-4;1-4-2-6-7-3-5-4;1-4-2-5-3-6-7-4;1-4-5-2-3-6-7-4;8*1-2/h4*2-4H,1H3;1-2H3;4*2-3H,1H3;8*1-2H3. The van der Waals surface area contributed by atoms with Crippen molar-refractivity contribution < 1.29 is 0 Å². The zero-order valence-electron chi connectivity index (χ0n) is 53.3. The maximum atomic E-state index is 3.92. The van der Waals surface area contributed by atoms with Crippen molar-refractivity contribution in [1.82, 2.24) is 121 Å². The van der Waals surface area contributed by atoms with Gasteiger partial charge in [0.05, 0.1) is 47.6 Å². The third-order valence-corrected chi connectivity index (χ3v) is 5.94. The van der Waals surface area contributed by atoms with E-state index in [1.807, 2.05) is 177 Å². The minimum absolute atomic E-state index is 0.607. The Labute approximate surface area is 481 Å². The first-order valence-corrected chi connectivity index (χ1v) is 26.7. The molecule has 9 aromatic heterocycles. The Bertz CT molecular complexity index is 1890. The predicted molar refractivity (Wildman–Crippen MR) is 323 cm³/mol. The van der Waals surface area contributed by atoms with Gasteiger partial charge in [-0.05, 0) is 98.6 Å². The smallest absolute Gasteiger partial charge is 0.170 e. The first-order valence-electron chi connectivity index (χ1n) is 26.7. The van der Waals surface area contributed by atoms with Crippen LogP contribution < -0.4 is 0 Å². The molecule has 0 fully saturated rings. The molecule has 0 saturated heterocycles. The Morgan fingerprint density at radius 1 is 0.225 bits per heavy atom. The second kappa shape index (κ2) is 79.2. The van der Waals surface area contributed by atoms with Crippen LogP contribution in [-0.4, -0.2) is 121 Å². The molecule has 0 bridgehead atoms. The molecule has 24 heteroatoms. The quantitative estimate of drug-likeness (QED) is 0.136. The molecule has 442 valence electrons. The first-order chi connectivity index (χ1) is 38.9. The van der Waals surface area contributed by atoms with E-state index >= 15 is 0 Å². The summed E-state index contributed by atoms with van der Waals surface area (Å²) in [5.74, 6) is 2.68. The number of aryl methyl sites for hydroxylation is 10. The van der Waals surface area contributed by atoms with Crippen molar-refractivity contribution >= 4 is 0 Å². The number of hydrogen-bond acceptors (Lipinski definition) is 24. The Kier molecular flexibility index (Phi) is 87.0. The van der Waals surface area contributed by atoms with Crippen molar-refractivity contribution in [3.63, 3.8) is 0 Å². The Morgan fingerprint density at radius 2 is 0.713 bits per heavy atom. The zero-order valence-corrected chi connectivity index (χ0v) is 53.3. The third-order valence-electron chi connectivity index (χ3n) is 5.94. The normalized spacial score (nSPS) is 7.62. The summed E-state index contributed by atoms with van der Waals surface area (Å²) in [6, 6.07) is 5.68. The van der Waals surface area contributed by atoms with Gasteiger partial charge in [0, 0.05) is 49.6 Å². The molecule has 0 aliphatic carbocycles. The van der Waals surface area contributed by atoms with Crippen molar-refractivity contribution in [3.8, 4) is 0 Å². The van der Waals surface area contributed by atoms with E-state index in [1.54, 1.807) is 95.1 Å². The first kappa shape index (κ1) is 87.9. The van der Waals surface area contributed by atoms with Gasteiger partial charge in [-0.3, -0.25) is 9.97 Å². The second-order valence-electron chi connectivity index (χ2n) is 11.9. The molecule has 9 heterocycles. The van der Waals surface area contributed by atoms with E-state index in [0.29, 0.717) is 17.5 Å². The van der Waals surface area contributed by atoms with E-state index in [1.165, 1.54) is 31.6 Å². The summed E-state index contributed by atoms with van der Waals surface area (Å²) in [6.07, 6.45) is 27.4. The van der Waals surface area contributed by atoms with Crippen molar-refractivity contribution in [3.05, 3.63) is 181 Å². The van der Waals surface area contributed by atoms with Gasteiger partial charge in [0.25, 0.3) is 0 Å². The predicted octanol–water partition coefficient (Wildman–Crippen LogP) is 12.0. The lowest BCUT2D eigenvalue weighted by Gasteiger charge is -1.85. The van der Waals surface area contributed by atoms with Crippen molar-refractivity contribution in [2.24, 2.45) is 0 Å².